The average molecular weight is 329 g/mol. The van der Waals surface area contributed by atoms with Crippen LogP contribution in [0.2, 0.25) is 0 Å². The number of hydrogen-bond acceptors (Lipinski definition) is 5. The van der Waals surface area contributed by atoms with Gasteiger partial charge in [0, 0.05) is 30.1 Å². The summed E-state index contributed by atoms with van der Waals surface area (Å²) in [4.78, 5) is 4.39. The number of nitrogens with one attached hydrogen (secondary N) is 2. The Morgan fingerprint density at radius 1 is 1.38 bits per heavy atom. The molecule has 2 rings (SSSR count). The van der Waals surface area contributed by atoms with Gasteiger partial charge in [-0.1, -0.05) is 13.3 Å². The van der Waals surface area contributed by atoms with E-state index < -0.39 is 10.0 Å². The molecule has 0 amide bonds. The SMILES string of the molecule is CCNc1cc(S(=O)(=O)NC2CCCC2SCC)ccn1. The van der Waals surface area contributed by atoms with Crippen molar-refractivity contribution in [3.63, 3.8) is 0 Å². The first-order valence-electron chi connectivity index (χ1n) is 7.40. The number of sulfonamides is 1. The van der Waals surface area contributed by atoms with Gasteiger partial charge in [0.05, 0.1) is 4.90 Å². The van der Waals surface area contributed by atoms with E-state index in [1.165, 1.54) is 6.20 Å². The zero-order valence-electron chi connectivity index (χ0n) is 12.5. The summed E-state index contributed by atoms with van der Waals surface area (Å²) in [6, 6.07) is 3.17. The molecule has 2 atom stereocenters. The van der Waals surface area contributed by atoms with Crippen LogP contribution in [0.3, 0.4) is 0 Å². The van der Waals surface area contributed by atoms with Crippen LogP contribution in [-0.2, 0) is 10.0 Å². The van der Waals surface area contributed by atoms with Gasteiger partial charge in [-0.05, 0) is 31.6 Å². The van der Waals surface area contributed by atoms with Gasteiger partial charge in [-0.15, -0.1) is 0 Å². The van der Waals surface area contributed by atoms with Gasteiger partial charge in [-0.2, -0.15) is 11.8 Å². The highest BCUT2D eigenvalue weighted by Gasteiger charge is 2.31. The Bertz CT molecular complexity index is 563. The largest absolute Gasteiger partial charge is 0.370 e. The van der Waals surface area contributed by atoms with E-state index >= 15 is 0 Å². The molecular formula is C14H23N3O2S2. The number of thioether (sulfide) groups is 1. The number of aromatic nitrogens is 1. The lowest BCUT2D eigenvalue weighted by atomic mass is 10.3. The Balaban J connectivity index is 2.12. The monoisotopic (exact) mass is 329 g/mol. The number of anilines is 1. The van der Waals surface area contributed by atoms with Gasteiger partial charge < -0.3 is 5.32 Å². The maximum absolute atomic E-state index is 12.5. The predicted octanol–water partition coefficient (Wildman–Crippen LogP) is 2.47. The third kappa shape index (κ3) is 4.34. The lowest BCUT2D eigenvalue weighted by Crippen LogP contribution is -2.38. The van der Waals surface area contributed by atoms with Crippen molar-refractivity contribution < 1.29 is 8.42 Å². The second kappa shape index (κ2) is 7.47. The summed E-state index contributed by atoms with van der Waals surface area (Å²) in [7, 11) is -3.48. The van der Waals surface area contributed by atoms with E-state index in [0.29, 0.717) is 17.6 Å². The molecule has 118 valence electrons. The van der Waals surface area contributed by atoms with Crippen LogP contribution >= 0.6 is 11.8 Å². The Kier molecular flexibility index (Phi) is 5.89. The van der Waals surface area contributed by atoms with Crippen molar-refractivity contribution in [2.24, 2.45) is 0 Å². The Morgan fingerprint density at radius 3 is 2.90 bits per heavy atom. The van der Waals surface area contributed by atoms with Crippen LogP contribution in [0.15, 0.2) is 23.2 Å². The number of rotatable bonds is 7. The molecule has 1 saturated carbocycles. The fourth-order valence-electron chi connectivity index (χ4n) is 2.60. The van der Waals surface area contributed by atoms with Crippen LogP contribution in [0.5, 0.6) is 0 Å². The van der Waals surface area contributed by atoms with Gasteiger partial charge >= 0.3 is 0 Å². The van der Waals surface area contributed by atoms with E-state index in [0.717, 1.165) is 25.0 Å². The molecular weight excluding hydrogens is 306 g/mol. The normalized spacial score (nSPS) is 22.4. The quantitative estimate of drug-likeness (QED) is 0.804. The fraction of sp³-hybridized carbons (Fsp3) is 0.643. The van der Waals surface area contributed by atoms with Gasteiger partial charge in [-0.3, -0.25) is 0 Å². The number of hydrogen-bond donors (Lipinski definition) is 2. The molecule has 0 radical (unpaired) electrons. The van der Waals surface area contributed by atoms with Crippen molar-refractivity contribution in [3.8, 4) is 0 Å². The summed E-state index contributed by atoms with van der Waals surface area (Å²) >= 11 is 1.84. The van der Waals surface area contributed by atoms with E-state index in [1.807, 2.05) is 18.7 Å². The maximum Gasteiger partial charge on any atom is 0.241 e. The molecule has 0 spiro atoms. The molecule has 2 unspecified atom stereocenters. The van der Waals surface area contributed by atoms with Crippen LogP contribution in [0, 0.1) is 0 Å². The predicted molar refractivity (Wildman–Crippen MR) is 88.3 cm³/mol. The lowest BCUT2D eigenvalue weighted by Gasteiger charge is -2.20. The first-order chi connectivity index (χ1) is 10.1. The average Bonchev–Trinajstić information content (AvgIpc) is 2.87. The fourth-order valence-corrected chi connectivity index (χ4v) is 5.21. The topological polar surface area (TPSA) is 71.1 Å². The molecule has 1 fully saturated rings. The highest BCUT2D eigenvalue weighted by atomic mass is 32.2. The number of pyridine rings is 1. The molecule has 1 heterocycles. The van der Waals surface area contributed by atoms with Gasteiger partial charge in [0.1, 0.15) is 5.82 Å². The van der Waals surface area contributed by atoms with Gasteiger partial charge in [-0.25, -0.2) is 18.1 Å². The van der Waals surface area contributed by atoms with Crippen molar-refractivity contribution in [2.45, 2.75) is 49.3 Å². The molecule has 1 aliphatic rings. The van der Waals surface area contributed by atoms with Crippen molar-refractivity contribution in [1.29, 1.82) is 0 Å². The molecule has 2 N–H and O–H groups in total. The molecule has 0 saturated heterocycles. The first kappa shape index (κ1) is 16.6. The zero-order valence-corrected chi connectivity index (χ0v) is 14.1. The van der Waals surface area contributed by atoms with Gasteiger partial charge in [0.2, 0.25) is 10.0 Å². The zero-order chi connectivity index (χ0) is 15.3. The van der Waals surface area contributed by atoms with Crippen molar-refractivity contribution in [2.75, 3.05) is 17.6 Å². The summed E-state index contributed by atoms with van der Waals surface area (Å²) < 4.78 is 27.9. The van der Waals surface area contributed by atoms with Crippen LogP contribution in [0.1, 0.15) is 33.1 Å². The second-order valence-electron chi connectivity index (χ2n) is 5.06. The molecule has 5 nitrogen and oxygen atoms in total. The second-order valence-corrected chi connectivity index (χ2v) is 8.29. The molecule has 0 bridgehead atoms. The molecule has 0 aromatic carbocycles. The third-order valence-electron chi connectivity index (χ3n) is 3.54. The molecule has 1 aliphatic carbocycles. The Hall–Kier alpha value is -0.790. The summed E-state index contributed by atoms with van der Waals surface area (Å²) in [5.41, 5.74) is 0. The van der Waals surface area contributed by atoms with Crippen LogP contribution in [0.25, 0.3) is 0 Å². The smallest absolute Gasteiger partial charge is 0.241 e. The summed E-state index contributed by atoms with van der Waals surface area (Å²) in [6.07, 6.45) is 4.62. The van der Waals surface area contributed by atoms with Gasteiger partial charge in [0.15, 0.2) is 0 Å². The minimum Gasteiger partial charge on any atom is -0.370 e. The van der Waals surface area contributed by atoms with Crippen molar-refractivity contribution in [1.82, 2.24) is 9.71 Å². The standard InChI is InChI=1S/C14H23N3O2S2/c1-3-15-14-10-11(8-9-16-14)21(18,19)17-12-6-5-7-13(12)20-4-2/h8-10,12-13,17H,3-7H2,1-2H3,(H,15,16). The Morgan fingerprint density at radius 2 is 2.19 bits per heavy atom. The van der Waals surface area contributed by atoms with E-state index in [2.05, 4.69) is 21.9 Å². The minimum atomic E-state index is -3.48. The third-order valence-corrected chi connectivity index (χ3v) is 6.35. The molecule has 21 heavy (non-hydrogen) atoms. The summed E-state index contributed by atoms with van der Waals surface area (Å²) in [5, 5.41) is 3.42. The molecule has 1 aromatic heterocycles. The Labute approximate surface area is 131 Å². The van der Waals surface area contributed by atoms with E-state index in [4.69, 9.17) is 0 Å². The van der Waals surface area contributed by atoms with Crippen LogP contribution in [0.4, 0.5) is 5.82 Å². The molecule has 1 aromatic rings. The molecule has 0 aliphatic heterocycles. The van der Waals surface area contributed by atoms with Crippen LogP contribution < -0.4 is 10.0 Å². The number of nitrogens with zero attached hydrogens (tertiary/aromatic N) is 1. The van der Waals surface area contributed by atoms with E-state index in [9.17, 15) is 8.42 Å². The van der Waals surface area contributed by atoms with E-state index in [1.54, 1.807) is 12.1 Å². The van der Waals surface area contributed by atoms with Gasteiger partial charge in [0.25, 0.3) is 0 Å². The first-order valence-corrected chi connectivity index (χ1v) is 9.94. The lowest BCUT2D eigenvalue weighted by molar-refractivity contribution is 0.555. The van der Waals surface area contributed by atoms with E-state index in [-0.39, 0.29) is 10.9 Å². The van der Waals surface area contributed by atoms with Crippen molar-refractivity contribution in [3.05, 3.63) is 18.3 Å². The summed E-state index contributed by atoms with van der Waals surface area (Å²) in [6.45, 7) is 4.77. The highest BCUT2D eigenvalue weighted by molar-refractivity contribution is 8.00. The highest BCUT2D eigenvalue weighted by Crippen LogP contribution is 2.31. The maximum atomic E-state index is 12.5. The van der Waals surface area contributed by atoms with Crippen molar-refractivity contribution >= 4 is 27.6 Å². The molecule has 7 heteroatoms. The summed E-state index contributed by atoms with van der Waals surface area (Å²) in [5.74, 6) is 1.61. The van der Waals surface area contributed by atoms with Crippen LogP contribution in [-0.4, -0.2) is 37.0 Å². The minimum absolute atomic E-state index is 0.0377.